The largest absolute Gasteiger partial charge is 0.494 e. The van der Waals surface area contributed by atoms with E-state index in [1.807, 2.05) is 24.5 Å². The molecule has 5 rings (SSSR count). The van der Waals surface area contributed by atoms with Crippen LogP contribution in [0.2, 0.25) is 0 Å². The van der Waals surface area contributed by atoms with E-state index in [1.54, 1.807) is 34.4 Å². The maximum atomic E-state index is 13.3. The summed E-state index contributed by atoms with van der Waals surface area (Å²) in [7, 11) is 2.06. The van der Waals surface area contributed by atoms with Gasteiger partial charge >= 0.3 is 0 Å². The summed E-state index contributed by atoms with van der Waals surface area (Å²) in [4.78, 5) is 16.6. The summed E-state index contributed by atoms with van der Waals surface area (Å²) in [6.07, 6.45) is 6.19. The molecule has 8 heteroatoms. The topological polar surface area (TPSA) is 38.4 Å². The van der Waals surface area contributed by atoms with E-state index >= 15 is 0 Å². The minimum absolute atomic E-state index is 0.0624. The van der Waals surface area contributed by atoms with E-state index in [9.17, 15) is 4.79 Å². The number of aryl methyl sites for hydroxylation is 2. The molecule has 0 amide bonds. The van der Waals surface area contributed by atoms with Crippen LogP contribution in [-0.4, -0.2) is 18.2 Å². The van der Waals surface area contributed by atoms with Crippen molar-refractivity contribution in [1.82, 2.24) is 4.57 Å². The molecule has 0 saturated heterocycles. The van der Waals surface area contributed by atoms with Gasteiger partial charge in [-0.3, -0.25) is 9.36 Å². The van der Waals surface area contributed by atoms with Gasteiger partial charge < -0.3 is 9.64 Å². The zero-order chi connectivity index (χ0) is 25.4. The Hall–Kier alpha value is -2.81. The summed E-state index contributed by atoms with van der Waals surface area (Å²) in [5.41, 5.74) is 3.57. The second-order valence-corrected chi connectivity index (χ2v) is 11.7. The number of rotatable bonds is 6. The van der Waals surface area contributed by atoms with Gasteiger partial charge in [0.2, 0.25) is 5.52 Å². The predicted octanol–water partition coefficient (Wildman–Crippen LogP) is 4.85. The van der Waals surface area contributed by atoms with Gasteiger partial charge in [-0.05, 0) is 57.5 Å². The summed E-state index contributed by atoms with van der Waals surface area (Å²) in [5, 5.41) is 2.25. The smallest absolute Gasteiger partial charge is 0.269 e. The fourth-order valence-electron chi connectivity index (χ4n) is 4.45. The average Bonchev–Trinajstić information content (AvgIpc) is 3.48. The number of nitrogens with zero attached hydrogens (tertiary/aromatic N) is 3. The number of para-hydroxylation sites is 1. The number of allylic oxidation sites excluding steroid dienone is 1. The van der Waals surface area contributed by atoms with E-state index in [1.165, 1.54) is 15.1 Å². The van der Waals surface area contributed by atoms with Gasteiger partial charge in [0.15, 0.2) is 0 Å². The molecule has 2 aromatic carbocycles. The molecule has 186 valence electrons. The number of thiazole rings is 2. The highest BCUT2D eigenvalue weighted by atomic mass is 32.2. The number of hydrogen-bond donors (Lipinski definition) is 0. The van der Waals surface area contributed by atoms with Crippen molar-refractivity contribution in [3.63, 3.8) is 0 Å². The van der Waals surface area contributed by atoms with Gasteiger partial charge in [-0.15, -0.1) is 11.3 Å². The van der Waals surface area contributed by atoms with E-state index in [2.05, 4.69) is 78.9 Å². The third-order valence-corrected chi connectivity index (χ3v) is 9.65. The highest BCUT2D eigenvalue weighted by Gasteiger charge is 2.23. The lowest BCUT2D eigenvalue weighted by atomic mass is 10.2. The van der Waals surface area contributed by atoms with Crippen molar-refractivity contribution < 1.29 is 9.30 Å². The molecule has 3 heterocycles. The van der Waals surface area contributed by atoms with Crippen molar-refractivity contribution in [3.8, 4) is 5.75 Å². The summed E-state index contributed by atoms with van der Waals surface area (Å²) < 4.78 is 13.0. The monoisotopic (exact) mass is 536 g/mol. The van der Waals surface area contributed by atoms with Crippen LogP contribution in [0.5, 0.6) is 5.75 Å². The molecule has 1 aliphatic heterocycles. The van der Waals surface area contributed by atoms with Gasteiger partial charge in [-0.1, -0.05) is 35.2 Å². The van der Waals surface area contributed by atoms with Crippen LogP contribution < -0.4 is 29.0 Å². The second kappa shape index (κ2) is 10.3. The zero-order valence-corrected chi connectivity index (χ0v) is 23.6. The molecule has 5 nitrogen and oxygen atoms in total. The first kappa shape index (κ1) is 24.9. The Morgan fingerprint density at radius 1 is 1.08 bits per heavy atom. The molecule has 0 fully saturated rings. The first-order valence-corrected chi connectivity index (χ1v) is 14.6. The normalized spacial score (nSPS) is 15.5. The molecule has 0 spiro atoms. The number of hydrogen-bond acceptors (Lipinski definition) is 6. The van der Waals surface area contributed by atoms with Crippen molar-refractivity contribution in [1.29, 1.82) is 0 Å². The van der Waals surface area contributed by atoms with Crippen molar-refractivity contribution in [2.75, 3.05) is 18.6 Å². The third-order valence-electron chi connectivity index (χ3n) is 6.29. The summed E-state index contributed by atoms with van der Waals surface area (Å²) in [6, 6.07) is 12.8. The van der Waals surface area contributed by atoms with Crippen molar-refractivity contribution >= 4 is 62.5 Å². The zero-order valence-electron chi connectivity index (χ0n) is 21.2. The molecule has 0 atom stereocenters. The van der Waals surface area contributed by atoms with Crippen LogP contribution in [0.15, 0.2) is 57.2 Å². The Morgan fingerprint density at radius 2 is 1.89 bits per heavy atom. The number of anilines is 1. The van der Waals surface area contributed by atoms with Gasteiger partial charge in [-0.25, -0.2) is 0 Å². The fourth-order valence-corrected chi connectivity index (χ4v) is 7.87. The van der Waals surface area contributed by atoms with Gasteiger partial charge in [0.05, 0.1) is 27.9 Å². The lowest BCUT2D eigenvalue weighted by molar-refractivity contribution is -0.665. The van der Waals surface area contributed by atoms with E-state index in [0.717, 1.165) is 42.8 Å². The van der Waals surface area contributed by atoms with E-state index < -0.39 is 0 Å². The van der Waals surface area contributed by atoms with Crippen molar-refractivity contribution in [2.24, 2.45) is 0 Å². The number of ether oxygens (including phenoxy) is 1. The van der Waals surface area contributed by atoms with Gasteiger partial charge in [0, 0.05) is 30.6 Å². The highest BCUT2D eigenvalue weighted by Crippen LogP contribution is 2.47. The van der Waals surface area contributed by atoms with Crippen molar-refractivity contribution in [3.05, 3.63) is 77.6 Å². The molecule has 0 bridgehead atoms. The minimum Gasteiger partial charge on any atom is -0.494 e. The quantitative estimate of drug-likeness (QED) is 0.330. The predicted molar refractivity (Wildman–Crippen MR) is 154 cm³/mol. The Bertz CT molecular complexity index is 1660. The van der Waals surface area contributed by atoms with Crippen LogP contribution in [0.4, 0.5) is 5.69 Å². The van der Waals surface area contributed by atoms with E-state index in [0.29, 0.717) is 13.2 Å². The molecule has 0 saturated carbocycles. The van der Waals surface area contributed by atoms with E-state index in [4.69, 9.17) is 4.74 Å². The number of aromatic nitrogens is 2. The Kier molecular flexibility index (Phi) is 7.10. The van der Waals surface area contributed by atoms with Gasteiger partial charge in [0.1, 0.15) is 21.7 Å². The fraction of sp³-hybridized carbons (Fsp3) is 0.286. The van der Waals surface area contributed by atoms with Gasteiger partial charge in [0.25, 0.3) is 10.6 Å². The Balaban J connectivity index is 1.55. The number of thioether (sulfide) groups is 1. The van der Waals surface area contributed by atoms with E-state index in [-0.39, 0.29) is 5.56 Å². The number of benzene rings is 2. The first-order valence-electron chi connectivity index (χ1n) is 12.2. The lowest BCUT2D eigenvalue weighted by Gasteiger charge is -2.15. The van der Waals surface area contributed by atoms with Gasteiger partial charge in [-0.2, -0.15) is 4.57 Å². The Labute approximate surface area is 223 Å². The Morgan fingerprint density at radius 3 is 2.64 bits per heavy atom. The standard InChI is InChI=1S/C28H30N3O2S3/c1-6-30-19-11-9-10-12-22(19)34-26(30)17-27-31(7-2)28(32)23(35-27)13-14-25-29(5)20-16-21(33-8-3)18(4)15-24(20)36-25/h9-17H,6-8H2,1-5H3/q+1. The molecular weight excluding hydrogens is 507 g/mol. The summed E-state index contributed by atoms with van der Waals surface area (Å²) >= 11 is 5.05. The first-order chi connectivity index (χ1) is 17.4. The summed E-state index contributed by atoms with van der Waals surface area (Å²) in [6.45, 7) is 10.4. The number of fused-ring (bicyclic) bond motifs is 2. The molecule has 36 heavy (non-hydrogen) atoms. The molecule has 4 aromatic rings. The van der Waals surface area contributed by atoms with Crippen LogP contribution in [-0.2, 0) is 13.1 Å². The molecule has 1 aliphatic rings. The van der Waals surface area contributed by atoms with Crippen LogP contribution in [0.25, 0.3) is 22.4 Å². The maximum absolute atomic E-state index is 13.3. The minimum atomic E-state index is 0.0624. The molecule has 0 unspecified atom stereocenters. The second-order valence-electron chi connectivity index (χ2n) is 8.50. The SMILES string of the molecule is CCOc1cc2c(cc1C)SC(=CC=c1sc(=Cc3sc4ccccc4[n+]3CC)n(CC)c1=O)N2C. The molecular formula is C28H30N3O2S3+. The molecule has 0 aliphatic carbocycles. The summed E-state index contributed by atoms with van der Waals surface area (Å²) in [5.74, 6) is 0.920. The third kappa shape index (κ3) is 4.42. The van der Waals surface area contributed by atoms with Crippen LogP contribution in [0, 0.1) is 6.92 Å². The van der Waals surface area contributed by atoms with Crippen LogP contribution in [0.3, 0.4) is 0 Å². The highest BCUT2D eigenvalue weighted by molar-refractivity contribution is 8.03. The molecule has 0 radical (unpaired) electrons. The molecule has 0 N–H and O–H groups in total. The van der Waals surface area contributed by atoms with Crippen LogP contribution >= 0.6 is 34.4 Å². The maximum Gasteiger partial charge on any atom is 0.269 e. The lowest BCUT2D eigenvalue weighted by Crippen LogP contribution is -2.35. The molecule has 2 aromatic heterocycles. The van der Waals surface area contributed by atoms with Crippen LogP contribution in [0.1, 0.15) is 31.3 Å². The average molecular weight is 537 g/mol. The van der Waals surface area contributed by atoms with Crippen molar-refractivity contribution in [2.45, 2.75) is 45.7 Å².